The first-order valence-electron chi connectivity index (χ1n) is 13.2. The summed E-state index contributed by atoms with van der Waals surface area (Å²) in [6, 6.07) is 15.1. The number of benzene rings is 2. The largest absolute Gasteiger partial charge is 0.496 e. The maximum atomic E-state index is 14.4. The molecule has 0 saturated heterocycles. The van der Waals surface area contributed by atoms with E-state index in [0.717, 1.165) is 16.8 Å². The highest BCUT2D eigenvalue weighted by Crippen LogP contribution is 2.49. The Labute approximate surface area is 229 Å². The zero-order chi connectivity index (χ0) is 28.3. The van der Waals surface area contributed by atoms with E-state index >= 15 is 0 Å². The standard InChI is InChI=1S/C31H36N2O6/c1-7-38-30(35)25-18(3)32-23-17-22(21-11-9-10-12-24(21)37-6)27(31(36)39-8-2)29(34)28(23)26(25)19-13-15-20(16-14-19)33(4)5/h9-16,22,26-27,32H,7-8,17H2,1-6H3/t22-,26+,27-/m0/s1. The number of methoxy groups -OCH3 is 1. The Balaban J connectivity index is 1.91. The molecule has 0 unspecified atom stereocenters. The Morgan fingerprint density at radius 3 is 2.28 bits per heavy atom. The van der Waals surface area contributed by atoms with Crippen molar-refractivity contribution >= 4 is 23.4 Å². The fourth-order valence-electron chi connectivity index (χ4n) is 5.58. The Bertz CT molecular complexity index is 1320. The summed E-state index contributed by atoms with van der Waals surface area (Å²) in [5, 5.41) is 3.33. The van der Waals surface area contributed by atoms with Crippen molar-refractivity contribution in [1.29, 1.82) is 0 Å². The summed E-state index contributed by atoms with van der Waals surface area (Å²) in [4.78, 5) is 43.0. The van der Waals surface area contributed by atoms with Crippen molar-refractivity contribution in [2.75, 3.05) is 39.3 Å². The van der Waals surface area contributed by atoms with Crippen molar-refractivity contribution in [2.24, 2.45) is 5.92 Å². The normalized spacial score (nSPS) is 20.7. The van der Waals surface area contributed by atoms with Gasteiger partial charge in [0.15, 0.2) is 5.78 Å². The molecule has 2 aromatic rings. The number of allylic oxidation sites excluding steroid dienone is 3. The van der Waals surface area contributed by atoms with Gasteiger partial charge in [-0.05, 0) is 56.5 Å². The molecule has 0 fully saturated rings. The number of nitrogens with one attached hydrogen (secondary N) is 1. The van der Waals surface area contributed by atoms with Crippen LogP contribution in [0.4, 0.5) is 5.69 Å². The van der Waals surface area contributed by atoms with E-state index in [4.69, 9.17) is 14.2 Å². The van der Waals surface area contributed by atoms with Crippen molar-refractivity contribution in [1.82, 2.24) is 5.32 Å². The molecule has 0 bridgehead atoms. The molecule has 1 aliphatic heterocycles. The lowest BCUT2D eigenvalue weighted by Gasteiger charge is -2.39. The van der Waals surface area contributed by atoms with Crippen LogP contribution in [-0.2, 0) is 23.9 Å². The van der Waals surface area contributed by atoms with Crippen LogP contribution in [-0.4, -0.2) is 52.1 Å². The van der Waals surface area contributed by atoms with Crippen LogP contribution in [0.25, 0.3) is 0 Å². The highest BCUT2D eigenvalue weighted by atomic mass is 16.5. The van der Waals surface area contributed by atoms with E-state index in [-0.39, 0.29) is 19.0 Å². The average molecular weight is 533 g/mol. The van der Waals surface area contributed by atoms with Crippen LogP contribution >= 0.6 is 0 Å². The van der Waals surface area contributed by atoms with Crippen LogP contribution in [0.15, 0.2) is 71.1 Å². The zero-order valence-corrected chi connectivity index (χ0v) is 23.4. The molecule has 0 radical (unpaired) electrons. The molecule has 8 heteroatoms. The first-order valence-corrected chi connectivity index (χ1v) is 13.2. The van der Waals surface area contributed by atoms with Gasteiger partial charge in [0.1, 0.15) is 11.7 Å². The van der Waals surface area contributed by atoms with Gasteiger partial charge in [0.05, 0.1) is 25.9 Å². The van der Waals surface area contributed by atoms with Gasteiger partial charge < -0.3 is 24.4 Å². The van der Waals surface area contributed by atoms with Gasteiger partial charge in [-0.3, -0.25) is 9.59 Å². The van der Waals surface area contributed by atoms with Crippen LogP contribution in [0, 0.1) is 5.92 Å². The summed E-state index contributed by atoms with van der Waals surface area (Å²) in [5.74, 6) is -3.15. The van der Waals surface area contributed by atoms with Gasteiger partial charge in [-0.1, -0.05) is 30.3 Å². The molecular formula is C31H36N2O6. The third-order valence-electron chi connectivity index (χ3n) is 7.34. The number of carbonyl (C=O) groups is 3. The van der Waals surface area contributed by atoms with Crippen LogP contribution in [0.1, 0.15) is 50.2 Å². The van der Waals surface area contributed by atoms with E-state index in [0.29, 0.717) is 34.7 Å². The number of hydrogen-bond acceptors (Lipinski definition) is 8. The van der Waals surface area contributed by atoms with Gasteiger partial charge >= 0.3 is 11.9 Å². The number of para-hydroxylation sites is 1. The third kappa shape index (κ3) is 5.28. The highest BCUT2D eigenvalue weighted by Gasteiger charge is 2.49. The second-order valence-electron chi connectivity index (χ2n) is 9.84. The predicted octanol–water partition coefficient (Wildman–Crippen LogP) is 4.48. The number of esters is 2. The molecule has 1 aliphatic carbocycles. The van der Waals surface area contributed by atoms with E-state index < -0.39 is 29.7 Å². The van der Waals surface area contributed by atoms with E-state index in [1.165, 1.54) is 0 Å². The highest BCUT2D eigenvalue weighted by molar-refractivity contribution is 6.13. The fourth-order valence-corrected chi connectivity index (χ4v) is 5.58. The molecule has 2 aromatic carbocycles. The lowest BCUT2D eigenvalue weighted by atomic mass is 9.67. The van der Waals surface area contributed by atoms with Gasteiger partial charge in [-0.15, -0.1) is 0 Å². The molecule has 2 aliphatic rings. The number of ketones is 1. The van der Waals surface area contributed by atoms with Crippen LogP contribution in [0.5, 0.6) is 5.75 Å². The van der Waals surface area contributed by atoms with Gasteiger partial charge in [0.25, 0.3) is 0 Å². The number of nitrogens with zero attached hydrogens (tertiary/aromatic N) is 1. The molecule has 3 atom stereocenters. The van der Waals surface area contributed by atoms with E-state index in [1.807, 2.05) is 74.4 Å². The molecule has 0 aromatic heterocycles. The average Bonchev–Trinajstić information content (AvgIpc) is 2.92. The number of hydrogen-bond donors (Lipinski definition) is 1. The van der Waals surface area contributed by atoms with E-state index in [2.05, 4.69) is 5.32 Å². The topological polar surface area (TPSA) is 94.2 Å². The first-order chi connectivity index (χ1) is 18.7. The molecule has 1 N–H and O–H groups in total. The smallest absolute Gasteiger partial charge is 0.336 e. The summed E-state index contributed by atoms with van der Waals surface area (Å²) in [7, 11) is 5.46. The lowest BCUT2D eigenvalue weighted by molar-refractivity contribution is -0.152. The van der Waals surface area contributed by atoms with Crippen molar-refractivity contribution in [3.63, 3.8) is 0 Å². The van der Waals surface area contributed by atoms with Crippen LogP contribution in [0.3, 0.4) is 0 Å². The van der Waals surface area contributed by atoms with Crippen molar-refractivity contribution in [3.8, 4) is 5.75 Å². The Hall–Kier alpha value is -4.07. The third-order valence-corrected chi connectivity index (χ3v) is 7.34. The van der Waals surface area contributed by atoms with Gasteiger partial charge in [0, 0.05) is 48.6 Å². The predicted molar refractivity (Wildman–Crippen MR) is 148 cm³/mol. The first kappa shape index (κ1) is 28.0. The van der Waals surface area contributed by atoms with Crippen molar-refractivity contribution in [2.45, 2.75) is 39.0 Å². The Morgan fingerprint density at radius 2 is 1.67 bits per heavy atom. The van der Waals surface area contributed by atoms with Gasteiger partial charge in [-0.2, -0.15) is 0 Å². The summed E-state index contributed by atoms with van der Waals surface area (Å²) in [6.45, 7) is 5.63. The second kappa shape index (κ2) is 11.8. The quantitative estimate of drug-likeness (QED) is 0.393. The summed E-state index contributed by atoms with van der Waals surface area (Å²) < 4.78 is 16.4. The van der Waals surface area contributed by atoms with Crippen molar-refractivity contribution in [3.05, 3.63) is 82.2 Å². The summed E-state index contributed by atoms with van der Waals surface area (Å²) >= 11 is 0. The van der Waals surface area contributed by atoms with E-state index in [9.17, 15) is 14.4 Å². The molecule has 4 rings (SSSR count). The monoisotopic (exact) mass is 532 g/mol. The fraction of sp³-hybridized carbons (Fsp3) is 0.387. The Morgan fingerprint density at radius 1 is 1.00 bits per heavy atom. The molecule has 39 heavy (non-hydrogen) atoms. The van der Waals surface area contributed by atoms with Crippen molar-refractivity contribution < 1.29 is 28.6 Å². The van der Waals surface area contributed by atoms with E-state index in [1.54, 1.807) is 21.0 Å². The van der Waals surface area contributed by atoms with Crippen LogP contribution in [0.2, 0.25) is 0 Å². The molecule has 0 saturated carbocycles. The molecule has 8 nitrogen and oxygen atoms in total. The maximum absolute atomic E-state index is 14.4. The maximum Gasteiger partial charge on any atom is 0.336 e. The Kier molecular flexibility index (Phi) is 8.43. The molecule has 0 amide bonds. The summed E-state index contributed by atoms with van der Waals surface area (Å²) in [5.41, 5.74) is 4.56. The number of anilines is 1. The minimum atomic E-state index is -1.09. The number of dihydropyridines is 1. The van der Waals surface area contributed by atoms with Gasteiger partial charge in [-0.25, -0.2) is 4.79 Å². The number of ether oxygens (including phenoxy) is 3. The lowest BCUT2D eigenvalue weighted by Crippen LogP contribution is -2.43. The zero-order valence-electron chi connectivity index (χ0n) is 23.4. The molecule has 206 valence electrons. The SMILES string of the molecule is CCOC(=O)C1=C(C)NC2=C(C(=O)[C@@H](C(=O)OCC)[C@H](c3ccccc3OC)C2)[C@@H]1c1ccc(N(C)C)cc1. The molecular weight excluding hydrogens is 496 g/mol. The van der Waals surface area contributed by atoms with Crippen LogP contribution < -0.4 is 15.0 Å². The second-order valence-corrected chi connectivity index (χ2v) is 9.84. The number of carbonyl (C=O) groups excluding carboxylic acids is 3. The number of rotatable bonds is 8. The molecule has 1 heterocycles. The minimum Gasteiger partial charge on any atom is -0.496 e. The molecule has 0 spiro atoms. The minimum absolute atomic E-state index is 0.147. The van der Waals surface area contributed by atoms with Gasteiger partial charge in [0.2, 0.25) is 0 Å². The number of Topliss-reactive ketones (excluding diaryl/α,β-unsaturated/α-hetero) is 1. The summed E-state index contributed by atoms with van der Waals surface area (Å²) in [6.07, 6.45) is 0.366.